The molecule has 0 fully saturated rings. The second-order valence-electron chi connectivity index (χ2n) is 5.78. The maximum absolute atomic E-state index is 11.4. The lowest BCUT2D eigenvalue weighted by Crippen LogP contribution is -2.33. The van der Waals surface area contributed by atoms with Crippen LogP contribution in [0.3, 0.4) is 0 Å². The van der Waals surface area contributed by atoms with Crippen LogP contribution in [0, 0.1) is 0 Å². The van der Waals surface area contributed by atoms with E-state index < -0.39 is 5.60 Å². The Balaban J connectivity index is 2.00. The van der Waals surface area contributed by atoms with E-state index in [1.165, 1.54) is 0 Å². The first-order chi connectivity index (χ1) is 9.87. The maximum Gasteiger partial charge on any atom is 0.407 e. The Morgan fingerprint density at radius 1 is 1.24 bits per heavy atom. The van der Waals surface area contributed by atoms with Gasteiger partial charge >= 0.3 is 6.09 Å². The average Bonchev–Trinajstić information content (AvgIpc) is 2.37. The van der Waals surface area contributed by atoms with Gasteiger partial charge in [0, 0.05) is 23.8 Å². The van der Waals surface area contributed by atoms with Gasteiger partial charge in [0.15, 0.2) is 0 Å². The molecule has 0 aromatic carbocycles. The SMILES string of the molecule is CC(C)(C)OC(=O)NCCCCCNc1ccc(Br)cn1. The lowest BCUT2D eigenvalue weighted by atomic mass is 10.2. The minimum absolute atomic E-state index is 0.348. The molecule has 0 saturated heterocycles. The van der Waals surface area contributed by atoms with E-state index in [-0.39, 0.29) is 6.09 Å². The molecule has 1 aromatic heterocycles. The Labute approximate surface area is 135 Å². The van der Waals surface area contributed by atoms with Gasteiger partial charge in [-0.05, 0) is 68.1 Å². The Morgan fingerprint density at radius 2 is 1.95 bits per heavy atom. The molecule has 0 spiro atoms. The van der Waals surface area contributed by atoms with Gasteiger partial charge in [-0.2, -0.15) is 0 Å². The highest BCUT2D eigenvalue weighted by Crippen LogP contribution is 2.10. The fourth-order valence-electron chi connectivity index (χ4n) is 1.63. The Bertz CT molecular complexity index is 430. The van der Waals surface area contributed by atoms with Crippen molar-refractivity contribution in [1.29, 1.82) is 0 Å². The summed E-state index contributed by atoms with van der Waals surface area (Å²) in [5.41, 5.74) is -0.439. The summed E-state index contributed by atoms with van der Waals surface area (Å²) in [6.07, 6.45) is 4.44. The first kappa shape index (κ1) is 17.8. The van der Waals surface area contributed by atoms with Crippen LogP contribution in [-0.4, -0.2) is 29.8 Å². The van der Waals surface area contributed by atoms with Crippen LogP contribution in [0.15, 0.2) is 22.8 Å². The van der Waals surface area contributed by atoms with E-state index in [1.807, 2.05) is 32.9 Å². The zero-order valence-corrected chi connectivity index (χ0v) is 14.5. The molecule has 1 rings (SSSR count). The van der Waals surface area contributed by atoms with Gasteiger partial charge < -0.3 is 15.4 Å². The largest absolute Gasteiger partial charge is 0.444 e. The van der Waals surface area contributed by atoms with Crippen LogP contribution in [0.25, 0.3) is 0 Å². The number of anilines is 1. The molecule has 0 aliphatic rings. The molecule has 1 heterocycles. The number of carbonyl (C=O) groups is 1. The van der Waals surface area contributed by atoms with Gasteiger partial charge in [0.25, 0.3) is 0 Å². The lowest BCUT2D eigenvalue weighted by molar-refractivity contribution is 0.0527. The summed E-state index contributed by atoms with van der Waals surface area (Å²) in [7, 11) is 0. The molecule has 0 aliphatic carbocycles. The van der Waals surface area contributed by atoms with Crippen LogP contribution in [-0.2, 0) is 4.74 Å². The van der Waals surface area contributed by atoms with E-state index in [0.29, 0.717) is 6.54 Å². The van der Waals surface area contributed by atoms with Gasteiger partial charge in [0.05, 0.1) is 0 Å². The smallest absolute Gasteiger partial charge is 0.407 e. The summed E-state index contributed by atoms with van der Waals surface area (Å²) in [6, 6.07) is 3.90. The van der Waals surface area contributed by atoms with Gasteiger partial charge in [-0.3, -0.25) is 0 Å². The predicted molar refractivity (Wildman–Crippen MR) is 88.5 cm³/mol. The van der Waals surface area contributed by atoms with Crippen LogP contribution in [0.4, 0.5) is 10.6 Å². The highest BCUT2D eigenvalue weighted by Gasteiger charge is 2.15. The zero-order chi connectivity index (χ0) is 15.7. The van der Waals surface area contributed by atoms with E-state index >= 15 is 0 Å². The van der Waals surface area contributed by atoms with Crippen LogP contribution >= 0.6 is 15.9 Å². The molecule has 0 radical (unpaired) electrons. The number of nitrogens with one attached hydrogen (secondary N) is 2. The number of rotatable bonds is 7. The number of alkyl carbamates (subject to hydrolysis) is 1. The number of unbranched alkanes of at least 4 members (excludes halogenated alkanes) is 2. The summed E-state index contributed by atoms with van der Waals surface area (Å²) < 4.78 is 6.13. The van der Waals surface area contributed by atoms with E-state index in [0.717, 1.165) is 36.1 Å². The highest BCUT2D eigenvalue weighted by molar-refractivity contribution is 9.10. The van der Waals surface area contributed by atoms with E-state index in [9.17, 15) is 4.79 Å². The van der Waals surface area contributed by atoms with Gasteiger partial charge in [0.2, 0.25) is 0 Å². The van der Waals surface area contributed by atoms with Gasteiger partial charge in [0.1, 0.15) is 11.4 Å². The topological polar surface area (TPSA) is 63.2 Å². The highest BCUT2D eigenvalue weighted by atomic mass is 79.9. The van der Waals surface area contributed by atoms with Crippen molar-refractivity contribution in [2.45, 2.75) is 45.6 Å². The first-order valence-corrected chi connectivity index (χ1v) is 7.98. The number of pyridine rings is 1. The number of amides is 1. The fourth-order valence-corrected chi connectivity index (χ4v) is 1.86. The van der Waals surface area contributed by atoms with Crippen molar-refractivity contribution in [2.24, 2.45) is 0 Å². The van der Waals surface area contributed by atoms with Crippen molar-refractivity contribution in [3.8, 4) is 0 Å². The summed E-state index contributed by atoms with van der Waals surface area (Å²) in [5.74, 6) is 0.880. The maximum atomic E-state index is 11.4. The van der Waals surface area contributed by atoms with Crippen molar-refractivity contribution in [1.82, 2.24) is 10.3 Å². The average molecular weight is 358 g/mol. The van der Waals surface area contributed by atoms with Crippen LogP contribution < -0.4 is 10.6 Å². The zero-order valence-electron chi connectivity index (χ0n) is 12.9. The third-order valence-corrected chi connectivity index (χ3v) is 3.02. The van der Waals surface area contributed by atoms with Crippen LogP contribution in [0.1, 0.15) is 40.0 Å². The molecule has 21 heavy (non-hydrogen) atoms. The summed E-state index contributed by atoms with van der Waals surface area (Å²) in [5, 5.41) is 6.01. The number of halogens is 1. The number of nitrogens with zero attached hydrogens (tertiary/aromatic N) is 1. The number of hydrogen-bond donors (Lipinski definition) is 2. The Morgan fingerprint density at radius 3 is 2.57 bits per heavy atom. The molecule has 6 heteroatoms. The molecule has 0 bridgehead atoms. The molecule has 1 amide bonds. The third-order valence-electron chi connectivity index (χ3n) is 2.56. The summed E-state index contributed by atoms with van der Waals surface area (Å²) >= 11 is 3.35. The molecular weight excluding hydrogens is 334 g/mol. The number of hydrogen-bond acceptors (Lipinski definition) is 4. The molecule has 118 valence electrons. The predicted octanol–water partition coefficient (Wildman–Crippen LogP) is 3.95. The minimum Gasteiger partial charge on any atom is -0.444 e. The molecule has 0 saturated carbocycles. The van der Waals surface area contributed by atoms with Crippen molar-refractivity contribution in [3.63, 3.8) is 0 Å². The Hall–Kier alpha value is -1.30. The molecule has 5 nitrogen and oxygen atoms in total. The lowest BCUT2D eigenvalue weighted by Gasteiger charge is -2.19. The quantitative estimate of drug-likeness (QED) is 0.725. The Kier molecular flexibility index (Phi) is 7.50. The van der Waals surface area contributed by atoms with Gasteiger partial charge in [-0.25, -0.2) is 9.78 Å². The number of aromatic nitrogens is 1. The van der Waals surface area contributed by atoms with Crippen molar-refractivity contribution < 1.29 is 9.53 Å². The van der Waals surface area contributed by atoms with Gasteiger partial charge in [-0.1, -0.05) is 0 Å². The van der Waals surface area contributed by atoms with Crippen molar-refractivity contribution in [3.05, 3.63) is 22.8 Å². The fraction of sp³-hybridized carbons (Fsp3) is 0.600. The minimum atomic E-state index is -0.439. The first-order valence-electron chi connectivity index (χ1n) is 7.19. The molecular formula is C15H24BrN3O2. The van der Waals surface area contributed by atoms with E-state index in [1.54, 1.807) is 6.20 Å². The molecule has 0 aliphatic heterocycles. The van der Waals surface area contributed by atoms with Gasteiger partial charge in [-0.15, -0.1) is 0 Å². The van der Waals surface area contributed by atoms with Crippen LogP contribution in [0.2, 0.25) is 0 Å². The van der Waals surface area contributed by atoms with Crippen molar-refractivity contribution in [2.75, 3.05) is 18.4 Å². The standard InChI is InChI=1S/C15H24BrN3O2/c1-15(2,3)21-14(20)18-10-6-4-5-9-17-13-8-7-12(16)11-19-13/h7-8,11H,4-6,9-10H2,1-3H3,(H,17,19)(H,18,20). The van der Waals surface area contributed by atoms with E-state index in [2.05, 4.69) is 31.5 Å². The number of ether oxygens (including phenoxy) is 1. The monoisotopic (exact) mass is 357 g/mol. The summed E-state index contributed by atoms with van der Waals surface area (Å²) in [6.45, 7) is 7.09. The molecule has 0 atom stereocenters. The summed E-state index contributed by atoms with van der Waals surface area (Å²) in [4.78, 5) is 15.6. The molecule has 2 N–H and O–H groups in total. The number of carbonyl (C=O) groups excluding carboxylic acids is 1. The van der Waals surface area contributed by atoms with Crippen LogP contribution in [0.5, 0.6) is 0 Å². The van der Waals surface area contributed by atoms with E-state index in [4.69, 9.17) is 4.74 Å². The second-order valence-corrected chi connectivity index (χ2v) is 6.69. The van der Waals surface area contributed by atoms with Crippen molar-refractivity contribution >= 4 is 27.8 Å². The second kappa shape index (κ2) is 8.87. The third kappa shape index (κ3) is 9.28. The normalized spacial score (nSPS) is 11.0. The molecule has 0 unspecified atom stereocenters. The molecule has 1 aromatic rings.